The van der Waals surface area contributed by atoms with Crippen LogP contribution in [0.2, 0.25) is 0 Å². The molecule has 0 bridgehead atoms. The minimum atomic E-state index is -0.433. The van der Waals surface area contributed by atoms with Crippen molar-refractivity contribution in [3.8, 4) is 0 Å². The van der Waals surface area contributed by atoms with Crippen LogP contribution in [0.1, 0.15) is 39.0 Å². The molecule has 2 unspecified atom stereocenters. The van der Waals surface area contributed by atoms with Crippen LogP contribution in [-0.2, 0) is 0 Å². The summed E-state index contributed by atoms with van der Waals surface area (Å²) in [5.74, 6) is 2.09. The molecule has 0 spiro atoms. The molecule has 0 saturated heterocycles. The van der Waals surface area contributed by atoms with Gasteiger partial charge in [0.05, 0.1) is 4.92 Å². The van der Waals surface area contributed by atoms with Crippen molar-refractivity contribution in [3.63, 3.8) is 0 Å². The molecule has 0 aliphatic heterocycles. The molecule has 0 amide bonds. The van der Waals surface area contributed by atoms with Crippen molar-refractivity contribution < 1.29 is 4.92 Å². The Morgan fingerprint density at radius 1 is 1.50 bits per heavy atom. The molecule has 0 radical (unpaired) electrons. The van der Waals surface area contributed by atoms with E-state index < -0.39 is 4.92 Å². The van der Waals surface area contributed by atoms with E-state index in [1.807, 2.05) is 0 Å². The predicted molar refractivity (Wildman–Crippen MR) is 79.5 cm³/mol. The fourth-order valence-electron chi connectivity index (χ4n) is 2.96. The van der Waals surface area contributed by atoms with E-state index in [-0.39, 0.29) is 11.5 Å². The van der Waals surface area contributed by atoms with Gasteiger partial charge >= 0.3 is 5.69 Å². The number of anilines is 2. The highest BCUT2D eigenvalue weighted by atomic mass is 16.6. The molecule has 1 aliphatic carbocycles. The summed E-state index contributed by atoms with van der Waals surface area (Å²) in [4.78, 5) is 14.5. The van der Waals surface area contributed by atoms with Gasteiger partial charge < -0.3 is 11.1 Å². The second-order valence-corrected chi connectivity index (χ2v) is 5.71. The van der Waals surface area contributed by atoms with Gasteiger partial charge in [-0.05, 0) is 30.7 Å². The number of aromatic nitrogens is 1. The topological polar surface area (TPSA) is 94.1 Å². The highest BCUT2D eigenvalue weighted by molar-refractivity contribution is 5.59. The number of nitro groups is 1. The van der Waals surface area contributed by atoms with Gasteiger partial charge in [-0.15, -0.1) is 0 Å². The van der Waals surface area contributed by atoms with Gasteiger partial charge in [0.25, 0.3) is 0 Å². The average molecular weight is 278 g/mol. The number of hydrogen-bond donors (Lipinski definition) is 2. The fraction of sp³-hybridized carbons (Fsp3) is 0.643. The first kappa shape index (κ1) is 14.6. The maximum absolute atomic E-state index is 10.9. The molecular weight excluding hydrogens is 256 g/mol. The Morgan fingerprint density at radius 2 is 2.30 bits per heavy atom. The molecule has 1 aliphatic rings. The number of rotatable bonds is 5. The van der Waals surface area contributed by atoms with Crippen LogP contribution < -0.4 is 11.1 Å². The van der Waals surface area contributed by atoms with E-state index in [1.165, 1.54) is 37.8 Å². The maximum atomic E-state index is 10.9. The third-order valence-corrected chi connectivity index (χ3v) is 3.98. The lowest BCUT2D eigenvalue weighted by Crippen LogP contribution is -2.17. The van der Waals surface area contributed by atoms with Crippen LogP contribution >= 0.6 is 0 Å². The second kappa shape index (κ2) is 6.54. The highest BCUT2D eigenvalue weighted by Crippen LogP contribution is 2.31. The first-order chi connectivity index (χ1) is 9.56. The smallest absolute Gasteiger partial charge is 0.311 e. The summed E-state index contributed by atoms with van der Waals surface area (Å²) in [6.07, 6.45) is 6.17. The van der Waals surface area contributed by atoms with Gasteiger partial charge in [0.2, 0.25) is 5.82 Å². The molecule has 3 N–H and O–H groups in total. The SMILES string of the molecule is CC1CCCC(CCNc2nc(N)ccc2[N+](=O)[O-])C1. The summed E-state index contributed by atoms with van der Waals surface area (Å²) in [6.45, 7) is 3.00. The number of pyridine rings is 1. The predicted octanol–water partition coefficient (Wildman–Crippen LogP) is 3.20. The molecule has 1 fully saturated rings. The summed E-state index contributed by atoms with van der Waals surface area (Å²) in [6, 6.07) is 2.85. The molecule has 2 rings (SSSR count). The minimum absolute atomic E-state index is 0.0174. The molecule has 1 aromatic heterocycles. The van der Waals surface area contributed by atoms with Crippen LogP contribution in [-0.4, -0.2) is 16.5 Å². The molecule has 110 valence electrons. The first-order valence-electron chi connectivity index (χ1n) is 7.21. The normalized spacial score (nSPS) is 22.4. The van der Waals surface area contributed by atoms with Crippen molar-refractivity contribution in [2.75, 3.05) is 17.6 Å². The maximum Gasteiger partial charge on any atom is 0.311 e. The number of nitrogens with one attached hydrogen (secondary N) is 1. The van der Waals surface area contributed by atoms with Crippen molar-refractivity contribution in [3.05, 3.63) is 22.2 Å². The zero-order valence-electron chi connectivity index (χ0n) is 11.8. The van der Waals surface area contributed by atoms with Gasteiger partial charge in [0.15, 0.2) is 0 Å². The Morgan fingerprint density at radius 3 is 3.00 bits per heavy atom. The summed E-state index contributed by atoms with van der Waals surface area (Å²) >= 11 is 0. The monoisotopic (exact) mass is 278 g/mol. The molecule has 1 saturated carbocycles. The molecule has 6 heteroatoms. The summed E-state index contributed by atoms with van der Waals surface area (Å²) in [5.41, 5.74) is 5.57. The van der Waals surface area contributed by atoms with Gasteiger partial charge in [0, 0.05) is 12.6 Å². The standard InChI is InChI=1S/C14H22N4O2/c1-10-3-2-4-11(9-10)7-8-16-14-12(18(19)20)5-6-13(15)17-14/h5-6,10-11H,2-4,7-9H2,1H3,(H3,15,16,17). The van der Waals surface area contributed by atoms with Crippen molar-refractivity contribution in [1.82, 2.24) is 4.98 Å². The molecular formula is C14H22N4O2. The fourth-order valence-corrected chi connectivity index (χ4v) is 2.96. The minimum Gasteiger partial charge on any atom is -0.384 e. The van der Waals surface area contributed by atoms with Gasteiger partial charge in [-0.2, -0.15) is 0 Å². The van der Waals surface area contributed by atoms with E-state index in [9.17, 15) is 10.1 Å². The molecule has 6 nitrogen and oxygen atoms in total. The zero-order valence-corrected chi connectivity index (χ0v) is 11.8. The van der Waals surface area contributed by atoms with Gasteiger partial charge in [-0.25, -0.2) is 4.98 Å². The van der Waals surface area contributed by atoms with Crippen LogP contribution in [0.25, 0.3) is 0 Å². The highest BCUT2D eigenvalue weighted by Gasteiger charge is 2.19. The number of nitrogens with zero attached hydrogens (tertiary/aromatic N) is 2. The van der Waals surface area contributed by atoms with Crippen LogP contribution in [0.3, 0.4) is 0 Å². The van der Waals surface area contributed by atoms with Crippen molar-refractivity contribution >= 4 is 17.3 Å². The Bertz CT molecular complexity index is 478. The average Bonchev–Trinajstić information content (AvgIpc) is 2.38. The van der Waals surface area contributed by atoms with E-state index in [1.54, 1.807) is 0 Å². The van der Waals surface area contributed by atoms with E-state index in [4.69, 9.17) is 5.73 Å². The van der Waals surface area contributed by atoms with E-state index in [2.05, 4.69) is 17.2 Å². The third-order valence-electron chi connectivity index (χ3n) is 3.98. The largest absolute Gasteiger partial charge is 0.384 e. The molecule has 2 atom stereocenters. The number of nitrogens with two attached hydrogens (primary N) is 1. The lowest BCUT2D eigenvalue weighted by molar-refractivity contribution is -0.384. The summed E-state index contributed by atoms with van der Waals surface area (Å²) in [7, 11) is 0. The second-order valence-electron chi connectivity index (χ2n) is 5.71. The van der Waals surface area contributed by atoms with Crippen molar-refractivity contribution in [1.29, 1.82) is 0 Å². The Kier molecular flexibility index (Phi) is 4.76. The Balaban J connectivity index is 1.90. The van der Waals surface area contributed by atoms with Gasteiger partial charge in [-0.3, -0.25) is 10.1 Å². The molecule has 20 heavy (non-hydrogen) atoms. The van der Waals surface area contributed by atoms with Gasteiger partial charge in [-0.1, -0.05) is 26.2 Å². The third kappa shape index (κ3) is 3.82. The van der Waals surface area contributed by atoms with Crippen LogP contribution in [0.4, 0.5) is 17.3 Å². The van der Waals surface area contributed by atoms with Gasteiger partial charge in [0.1, 0.15) is 5.82 Å². The zero-order chi connectivity index (χ0) is 14.5. The lowest BCUT2D eigenvalue weighted by Gasteiger charge is -2.26. The van der Waals surface area contributed by atoms with Crippen LogP contribution in [0.5, 0.6) is 0 Å². The summed E-state index contributed by atoms with van der Waals surface area (Å²) in [5, 5.41) is 14.0. The van der Waals surface area contributed by atoms with Crippen LogP contribution in [0.15, 0.2) is 12.1 Å². The molecule has 1 heterocycles. The molecule has 0 aromatic carbocycles. The van der Waals surface area contributed by atoms with E-state index >= 15 is 0 Å². The Labute approximate surface area is 118 Å². The van der Waals surface area contributed by atoms with Crippen LogP contribution in [0, 0.1) is 22.0 Å². The Hall–Kier alpha value is -1.85. The van der Waals surface area contributed by atoms with Crippen molar-refractivity contribution in [2.24, 2.45) is 11.8 Å². The lowest BCUT2D eigenvalue weighted by atomic mass is 9.81. The number of nitrogen functional groups attached to an aromatic ring is 1. The molecule has 1 aromatic rings. The van der Waals surface area contributed by atoms with E-state index in [0.717, 1.165) is 12.3 Å². The van der Waals surface area contributed by atoms with Crippen molar-refractivity contribution in [2.45, 2.75) is 39.0 Å². The first-order valence-corrected chi connectivity index (χ1v) is 7.21. The van der Waals surface area contributed by atoms with E-state index in [0.29, 0.717) is 18.3 Å². The quantitative estimate of drug-likeness (QED) is 0.637. The summed E-state index contributed by atoms with van der Waals surface area (Å²) < 4.78 is 0. The number of hydrogen-bond acceptors (Lipinski definition) is 5.